The molecule has 2 heteroatoms. The lowest BCUT2D eigenvalue weighted by molar-refractivity contribution is 0.575. The molecule has 0 aliphatic heterocycles. The van der Waals surface area contributed by atoms with E-state index in [2.05, 4.69) is 17.8 Å². The SMILES string of the molecule is C=NC(C)CC(C)C#N. The van der Waals surface area contributed by atoms with E-state index in [-0.39, 0.29) is 12.0 Å². The van der Waals surface area contributed by atoms with Crippen molar-refractivity contribution >= 4 is 6.72 Å². The highest BCUT2D eigenvalue weighted by molar-refractivity contribution is 5.23. The number of hydrogen-bond acceptors (Lipinski definition) is 2. The van der Waals surface area contributed by atoms with Gasteiger partial charge in [-0.25, -0.2) is 0 Å². The smallest absolute Gasteiger partial charge is 0.0653 e. The highest BCUT2D eigenvalue weighted by Gasteiger charge is 2.03. The number of rotatable bonds is 3. The maximum atomic E-state index is 8.37. The molecule has 0 saturated carbocycles. The monoisotopic (exact) mass is 124 g/mol. The normalized spacial score (nSPS) is 15.7. The molecular formula is C7H12N2. The Kier molecular flexibility index (Phi) is 3.70. The Labute approximate surface area is 56.2 Å². The van der Waals surface area contributed by atoms with Gasteiger partial charge in [0.15, 0.2) is 0 Å². The van der Waals surface area contributed by atoms with E-state index >= 15 is 0 Å². The first-order valence-corrected chi connectivity index (χ1v) is 3.06. The van der Waals surface area contributed by atoms with Gasteiger partial charge in [0.1, 0.15) is 0 Å². The Morgan fingerprint density at radius 2 is 2.22 bits per heavy atom. The van der Waals surface area contributed by atoms with E-state index in [1.165, 1.54) is 0 Å². The van der Waals surface area contributed by atoms with Gasteiger partial charge in [0, 0.05) is 12.0 Å². The fourth-order valence-electron chi connectivity index (χ4n) is 0.639. The first-order chi connectivity index (χ1) is 4.20. The first kappa shape index (κ1) is 8.16. The predicted molar refractivity (Wildman–Crippen MR) is 38.4 cm³/mol. The maximum Gasteiger partial charge on any atom is 0.0653 e. The summed E-state index contributed by atoms with van der Waals surface area (Å²) >= 11 is 0. The van der Waals surface area contributed by atoms with Gasteiger partial charge in [-0.15, -0.1) is 0 Å². The van der Waals surface area contributed by atoms with Crippen LogP contribution in [0, 0.1) is 17.2 Å². The molecule has 0 aromatic carbocycles. The van der Waals surface area contributed by atoms with E-state index in [0.29, 0.717) is 0 Å². The molecule has 0 amide bonds. The summed E-state index contributed by atoms with van der Waals surface area (Å²) in [6.07, 6.45) is 0.819. The van der Waals surface area contributed by atoms with E-state index in [0.717, 1.165) is 6.42 Å². The predicted octanol–water partition coefficient (Wildman–Crippen LogP) is 1.63. The third-order valence-electron chi connectivity index (χ3n) is 1.23. The molecule has 50 valence electrons. The lowest BCUT2D eigenvalue weighted by atomic mass is 10.1. The van der Waals surface area contributed by atoms with Crippen LogP contribution < -0.4 is 0 Å². The summed E-state index contributed by atoms with van der Waals surface area (Å²) in [6, 6.07) is 2.36. The Hall–Kier alpha value is -0.840. The van der Waals surface area contributed by atoms with Crippen molar-refractivity contribution in [1.29, 1.82) is 5.26 Å². The van der Waals surface area contributed by atoms with Crippen LogP contribution in [0.3, 0.4) is 0 Å². The highest BCUT2D eigenvalue weighted by Crippen LogP contribution is 2.05. The van der Waals surface area contributed by atoms with Crippen LogP contribution in [0.1, 0.15) is 20.3 Å². The summed E-state index contributed by atoms with van der Waals surface area (Å²) in [7, 11) is 0. The fourth-order valence-corrected chi connectivity index (χ4v) is 0.639. The molecule has 2 atom stereocenters. The summed E-state index contributed by atoms with van der Waals surface area (Å²) < 4.78 is 0. The van der Waals surface area contributed by atoms with E-state index in [1.54, 1.807) is 0 Å². The van der Waals surface area contributed by atoms with Crippen molar-refractivity contribution in [2.24, 2.45) is 10.9 Å². The molecule has 2 unspecified atom stereocenters. The summed E-state index contributed by atoms with van der Waals surface area (Å²) in [5.74, 6) is 0.102. The minimum Gasteiger partial charge on any atom is -0.298 e. The summed E-state index contributed by atoms with van der Waals surface area (Å²) in [5.41, 5.74) is 0. The van der Waals surface area contributed by atoms with Crippen molar-refractivity contribution in [3.05, 3.63) is 0 Å². The molecule has 0 heterocycles. The second-order valence-corrected chi connectivity index (χ2v) is 2.30. The Morgan fingerprint density at radius 1 is 1.67 bits per heavy atom. The van der Waals surface area contributed by atoms with Crippen LogP contribution in [0.4, 0.5) is 0 Å². The van der Waals surface area contributed by atoms with Crippen LogP contribution in [0.2, 0.25) is 0 Å². The average molecular weight is 124 g/mol. The van der Waals surface area contributed by atoms with Crippen molar-refractivity contribution in [2.45, 2.75) is 26.3 Å². The van der Waals surface area contributed by atoms with Gasteiger partial charge in [-0.05, 0) is 27.0 Å². The Morgan fingerprint density at radius 3 is 2.56 bits per heavy atom. The van der Waals surface area contributed by atoms with E-state index in [4.69, 9.17) is 5.26 Å². The number of nitriles is 1. The molecule has 0 radical (unpaired) electrons. The van der Waals surface area contributed by atoms with Crippen molar-refractivity contribution in [3.8, 4) is 6.07 Å². The van der Waals surface area contributed by atoms with Gasteiger partial charge < -0.3 is 0 Å². The van der Waals surface area contributed by atoms with Crippen LogP contribution in [-0.2, 0) is 0 Å². The Balaban J connectivity index is 3.49. The molecule has 0 saturated heterocycles. The zero-order valence-corrected chi connectivity index (χ0v) is 5.96. The topological polar surface area (TPSA) is 36.1 Å². The van der Waals surface area contributed by atoms with E-state index in [1.807, 2.05) is 13.8 Å². The number of aliphatic imine (C=N–C) groups is 1. The fraction of sp³-hybridized carbons (Fsp3) is 0.714. The van der Waals surface area contributed by atoms with Crippen LogP contribution >= 0.6 is 0 Å². The Bertz CT molecular complexity index is 123. The van der Waals surface area contributed by atoms with Crippen LogP contribution in [-0.4, -0.2) is 12.8 Å². The molecule has 0 bridgehead atoms. The molecule has 0 aromatic rings. The van der Waals surface area contributed by atoms with Gasteiger partial charge in [-0.1, -0.05) is 0 Å². The van der Waals surface area contributed by atoms with Crippen LogP contribution in [0.25, 0.3) is 0 Å². The maximum absolute atomic E-state index is 8.37. The van der Waals surface area contributed by atoms with Gasteiger partial charge in [0.25, 0.3) is 0 Å². The first-order valence-electron chi connectivity index (χ1n) is 3.06. The molecule has 0 aliphatic rings. The molecule has 0 rings (SSSR count). The largest absolute Gasteiger partial charge is 0.298 e. The summed E-state index contributed by atoms with van der Waals surface area (Å²) in [6.45, 7) is 7.24. The molecule has 0 aromatic heterocycles. The van der Waals surface area contributed by atoms with Crippen molar-refractivity contribution in [1.82, 2.24) is 0 Å². The van der Waals surface area contributed by atoms with Crippen LogP contribution in [0.15, 0.2) is 4.99 Å². The molecule has 0 N–H and O–H groups in total. The average Bonchev–Trinajstić information content (AvgIpc) is 1.87. The minimum absolute atomic E-state index is 0.102. The highest BCUT2D eigenvalue weighted by atomic mass is 14.7. The van der Waals surface area contributed by atoms with Gasteiger partial charge in [0.2, 0.25) is 0 Å². The third-order valence-corrected chi connectivity index (χ3v) is 1.23. The quantitative estimate of drug-likeness (QED) is 0.527. The van der Waals surface area contributed by atoms with E-state index in [9.17, 15) is 0 Å². The standard InChI is InChI=1S/C7H12N2/c1-6(5-8)4-7(2)9-3/h6-7H,3-4H2,1-2H3. The molecule has 9 heavy (non-hydrogen) atoms. The number of hydrogen-bond donors (Lipinski definition) is 0. The van der Waals surface area contributed by atoms with Gasteiger partial charge in [0.05, 0.1) is 6.07 Å². The third kappa shape index (κ3) is 3.72. The molecule has 0 aliphatic carbocycles. The molecule has 0 fully saturated rings. The van der Waals surface area contributed by atoms with E-state index < -0.39 is 0 Å². The van der Waals surface area contributed by atoms with Crippen LogP contribution in [0.5, 0.6) is 0 Å². The summed E-state index contributed by atoms with van der Waals surface area (Å²) in [5, 5.41) is 8.37. The van der Waals surface area contributed by atoms with Crippen molar-refractivity contribution in [2.75, 3.05) is 0 Å². The van der Waals surface area contributed by atoms with Crippen molar-refractivity contribution in [3.63, 3.8) is 0 Å². The molecule has 0 spiro atoms. The lowest BCUT2D eigenvalue weighted by Gasteiger charge is -2.04. The minimum atomic E-state index is 0.102. The lowest BCUT2D eigenvalue weighted by Crippen LogP contribution is -2.02. The second kappa shape index (κ2) is 4.08. The summed E-state index contributed by atoms with van der Waals surface area (Å²) in [4.78, 5) is 3.78. The van der Waals surface area contributed by atoms with Crippen molar-refractivity contribution < 1.29 is 0 Å². The zero-order valence-electron chi connectivity index (χ0n) is 5.96. The molecule has 2 nitrogen and oxygen atoms in total. The van der Waals surface area contributed by atoms with Gasteiger partial charge in [-0.2, -0.15) is 5.26 Å². The zero-order chi connectivity index (χ0) is 7.28. The number of nitrogens with zero attached hydrogens (tertiary/aromatic N) is 2. The second-order valence-electron chi connectivity index (χ2n) is 2.30. The van der Waals surface area contributed by atoms with Gasteiger partial charge in [-0.3, -0.25) is 4.99 Å². The van der Waals surface area contributed by atoms with Gasteiger partial charge >= 0.3 is 0 Å². The molecular weight excluding hydrogens is 112 g/mol.